The zero-order chi connectivity index (χ0) is 22.2. The van der Waals surface area contributed by atoms with Crippen LogP contribution in [0.2, 0.25) is 0 Å². The van der Waals surface area contributed by atoms with Gasteiger partial charge >= 0.3 is 0 Å². The quantitative estimate of drug-likeness (QED) is 0.627. The van der Waals surface area contributed by atoms with Crippen LogP contribution < -0.4 is 15.0 Å². The van der Waals surface area contributed by atoms with Crippen LogP contribution >= 0.6 is 0 Å². The van der Waals surface area contributed by atoms with Crippen LogP contribution in [0.1, 0.15) is 25.0 Å². The van der Waals surface area contributed by atoms with Gasteiger partial charge in [-0.1, -0.05) is 0 Å². The summed E-state index contributed by atoms with van der Waals surface area (Å²) >= 11 is 0. The molecule has 0 fully saturated rings. The van der Waals surface area contributed by atoms with E-state index in [0.29, 0.717) is 42.5 Å². The van der Waals surface area contributed by atoms with Gasteiger partial charge < -0.3 is 18.8 Å². The van der Waals surface area contributed by atoms with Crippen LogP contribution in [0.4, 0.5) is 0 Å². The average Bonchev–Trinajstić information content (AvgIpc) is 3.32. The van der Waals surface area contributed by atoms with Gasteiger partial charge in [-0.05, 0) is 61.7 Å². The number of nitrogens with zero attached hydrogens (tertiary/aromatic N) is 3. The summed E-state index contributed by atoms with van der Waals surface area (Å²) in [6, 6.07) is 10.4. The van der Waals surface area contributed by atoms with E-state index >= 15 is 0 Å². The molecule has 0 saturated carbocycles. The lowest BCUT2D eigenvalue weighted by Gasteiger charge is -2.35. The molecule has 0 bridgehead atoms. The van der Waals surface area contributed by atoms with Crippen molar-refractivity contribution in [2.45, 2.75) is 32.4 Å². The Hall–Kier alpha value is -3.55. The highest BCUT2D eigenvalue weighted by molar-refractivity contribution is 5.84. The normalized spacial score (nSPS) is 13.6. The summed E-state index contributed by atoms with van der Waals surface area (Å²) in [7, 11) is 3.19. The molecule has 4 rings (SSSR count). The van der Waals surface area contributed by atoms with Crippen LogP contribution in [0.25, 0.3) is 11.5 Å². The maximum Gasteiger partial charge on any atom is 0.267 e. The number of benzene rings is 1. The van der Waals surface area contributed by atoms with E-state index in [1.54, 1.807) is 51.2 Å². The van der Waals surface area contributed by atoms with Crippen molar-refractivity contribution in [2.24, 2.45) is 0 Å². The van der Waals surface area contributed by atoms with Crippen molar-refractivity contribution in [1.29, 1.82) is 0 Å². The summed E-state index contributed by atoms with van der Waals surface area (Å²) in [5.41, 5.74) is 1.09. The average molecular weight is 423 g/mol. The molecule has 31 heavy (non-hydrogen) atoms. The molecule has 1 aromatic carbocycles. The Morgan fingerprint density at radius 1 is 1.10 bits per heavy atom. The van der Waals surface area contributed by atoms with Gasteiger partial charge in [-0.15, -0.1) is 0 Å². The molecule has 0 spiro atoms. The third-order valence-electron chi connectivity index (χ3n) is 5.63. The first-order valence-corrected chi connectivity index (χ1v) is 10.0. The summed E-state index contributed by atoms with van der Waals surface area (Å²) < 4.78 is 17.4. The van der Waals surface area contributed by atoms with E-state index in [9.17, 15) is 9.59 Å². The van der Waals surface area contributed by atoms with Gasteiger partial charge in [0.2, 0.25) is 5.91 Å². The fourth-order valence-corrected chi connectivity index (χ4v) is 3.90. The molecule has 8 nitrogen and oxygen atoms in total. The van der Waals surface area contributed by atoms with Crippen LogP contribution in [-0.2, 0) is 23.3 Å². The molecule has 1 amide bonds. The molecule has 0 unspecified atom stereocenters. The number of carbonyl (C=O) groups excluding carboxylic acids is 1. The first-order chi connectivity index (χ1) is 14.8. The minimum atomic E-state index is -1.17. The first-order valence-electron chi connectivity index (χ1n) is 10.0. The molecular formula is C23H25N3O5. The number of carbonyl (C=O) groups is 1. The fourth-order valence-electron chi connectivity index (χ4n) is 3.90. The number of methoxy groups -OCH3 is 2. The summed E-state index contributed by atoms with van der Waals surface area (Å²) in [5.74, 6) is 1.65. The summed E-state index contributed by atoms with van der Waals surface area (Å²) in [6.45, 7) is 4.38. The Balaban J connectivity index is 1.64. The van der Waals surface area contributed by atoms with Crippen molar-refractivity contribution in [1.82, 2.24) is 14.7 Å². The molecule has 0 N–H and O–H groups in total. The number of furan rings is 1. The van der Waals surface area contributed by atoms with E-state index in [1.165, 1.54) is 17.0 Å². The number of aromatic nitrogens is 2. The Labute approximate surface area is 180 Å². The molecule has 0 atom stereocenters. The zero-order valence-corrected chi connectivity index (χ0v) is 18.0. The van der Waals surface area contributed by atoms with Gasteiger partial charge in [0.1, 0.15) is 11.2 Å². The maximum atomic E-state index is 13.5. The fraction of sp³-hybridized carbons (Fsp3) is 0.348. The van der Waals surface area contributed by atoms with Crippen molar-refractivity contribution in [2.75, 3.05) is 20.8 Å². The lowest BCUT2D eigenvalue weighted by Crippen LogP contribution is -2.52. The van der Waals surface area contributed by atoms with Crippen LogP contribution in [0.5, 0.6) is 11.5 Å². The van der Waals surface area contributed by atoms with Crippen molar-refractivity contribution in [3.63, 3.8) is 0 Å². The number of hydrogen-bond acceptors (Lipinski definition) is 6. The number of rotatable bonds is 5. The minimum Gasteiger partial charge on any atom is -0.493 e. The first kappa shape index (κ1) is 20.7. The van der Waals surface area contributed by atoms with Crippen LogP contribution in [0, 0.1) is 0 Å². The molecule has 0 aliphatic carbocycles. The molecule has 0 saturated heterocycles. The monoisotopic (exact) mass is 423 g/mol. The molecule has 162 valence electrons. The third kappa shape index (κ3) is 3.69. The third-order valence-corrected chi connectivity index (χ3v) is 5.63. The summed E-state index contributed by atoms with van der Waals surface area (Å²) in [6.07, 6.45) is 2.23. The van der Waals surface area contributed by atoms with Crippen molar-refractivity contribution >= 4 is 5.91 Å². The van der Waals surface area contributed by atoms with E-state index < -0.39 is 5.54 Å². The maximum absolute atomic E-state index is 13.5. The predicted octanol–water partition coefficient (Wildman–Crippen LogP) is 2.84. The van der Waals surface area contributed by atoms with Gasteiger partial charge in [-0.2, -0.15) is 5.10 Å². The lowest BCUT2D eigenvalue weighted by atomic mass is 9.96. The van der Waals surface area contributed by atoms with E-state index in [-0.39, 0.29) is 11.5 Å². The predicted molar refractivity (Wildman–Crippen MR) is 114 cm³/mol. The lowest BCUT2D eigenvalue weighted by molar-refractivity contribution is -0.141. The summed E-state index contributed by atoms with van der Waals surface area (Å²) in [4.78, 5) is 27.9. The highest BCUT2D eigenvalue weighted by Gasteiger charge is 2.37. The number of amides is 1. The molecule has 3 heterocycles. The Kier molecular flexibility index (Phi) is 5.31. The molecule has 2 aromatic heterocycles. The van der Waals surface area contributed by atoms with E-state index in [4.69, 9.17) is 13.9 Å². The molecule has 0 radical (unpaired) electrons. The molecule has 1 aliphatic heterocycles. The van der Waals surface area contributed by atoms with Crippen LogP contribution in [0.15, 0.2) is 51.9 Å². The second-order valence-electron chi connectivity index (χ2n) is 7.96. The number of hydrogen-bond donors (Lipinski definition) is 0. The SMILES string of the molecule is COc1cc2c(cc1OC)CN(C(=O)C(C)(C)n1nc(-c3ccco3)ccc1=O)CC2. The van der Waals surface area contributed by atoms with E-state index in [0.717, 1.165) is 11.1 Å². The molecule has 3 aromatic rings. The van der Waals surface area contributed by atoms with Gasteiger partial charge in [0.05, 0.1) is 20.5 Å². The molecular weight excluding hydrogens is 398 g/mol. The van der Waals surface area contributed by atoms with Crippen molar-refractivity contribution < 1.29 is 18.7 Å². The Morgan fingerprint density at radius 2 is 1.81 bits per heavy atom. The molecule has 8 heteroatoms. The van der Waals surface area contributed by atoms with Crippen LogP contribution in [-0.4, -0.2) is 41.4 Å². The van der Waals surface area contributed by atoms with Crippen molar-refractivity contribution in [3.8, 4) is 23.0 Å². The van der Waals surface area contributed by atoms with Gasteiger partial charge in [0.25, 0.3) is 5.56 Å². The van der Waals surface area contributed by atoms with Crippen LogP contribution in [0.3, 0.4) is 0 Å². The molecule has 1 aliphatic rings. The van der Waals surface area contributed by atoms with Gasteiger partial charge in [-0.3, -0.25) is 9.59 Å². The highest BCUT2D eigenvalue weighted by Crippen LogP contribution is 2.34. The number of fused-ring (bicyclic) bond motifs is 1. The standard InChI is InChI=1S/C23H25N3O5/c1-23(2,26-21(27)8-7-17(24-26)18-6-5-11-31-18)22(28)25-10-9-15-12-19(29-3)20(30-4)13-16(15)14-25/h5-8,11-13H,9-10,14H2,1-4H3. The van der Waals surface area contributed by atoms with E-state index in [2.05, 4.69) is 5.10 Å². The van der Waals surface area contributed by atoms with Gasteiger partial charge in [0, 0.05) is 19.2 Å². The highest BCUT2D eigenvalue weighted by atomic mass is 16.5. The smallest absolute Gasteiger partial charge is 0.267 e. The zero-order valence-electron chi connectivity index (χ0n) is 18.0. The summed E-state index contributed by atoms with van der Waals surface area (Å²) in [5, 5.41) is 4.42. The second-order valence-corrected chi connectivity index (χ2v) is 7.96. The van der Waals surface area contributed by atoms with Gasteiger partial charge in [-0.25, -0.2) is 4.68 Å². The number of ether oxygens (including phenoxy) is 2. The Bertz CT molecular complexity index is 1160. The minimum absolute atomic E-state index is 0.181. The van der Waals surface area contributed by atoms with E-state index in [1.807, 2.05) is 12.1 Å². The largest absolute Gasteiger partial charge is 0.493 e. The second kappa shape index (κ2) is 7.94. The van der Waals surface area contributed by atoms with Crippen molar-refractivity contribution in [3.05, 3.63) is 64.1 Å². The topological polar surface area (TPSA) is 86.8 Å². The van der Waals surface area contributed by atoms with Gasteiger partial charge in [0.15, 0.2) is 17.3 Å². The Morgan fingerprint density at radius 3 is 2.45 bits per heavy atom.